The van der Waals surface area contributed by atoms with Crippen LogP contribution in [0.15, 0.2) is 30.6 Å². The van der Waals surface area contributed by atoms with Crippen molar-refractivity contribution in [3.63, 3.8) is 0 Å². The molecule has 1 saturated heterocycles. The molecule has 2 aromatic rings. The largest absolute Gasteiger partial charge is 0.395 e. The fourth-order valence-corrected chi connectivity index (χ4v) is 3.15. The number of pyridine rings is 1. The lowest BCUT2D eigenvalue weighted by atomic mass is 10.0. The van der Waals surface area contributed by atoms with Gasteiger partial charge in [-0.3, -0.25) is 4.90 Å². The number of fused-ring (bicyclic) bond motifs is 1. The minimum Gasteiger partial charge on any atom is -0.395 e. The standard InChI is InChI=1S/C16H24N4O/c1-18-8-5-15(6-9-18)19(10-11-21)12-14-13-20-7-3-2-4-16(20)17-14/h2-4,7,13,15,21H,5-6,8-12H2,1H3. The summed E-state index contributed by atoms with van der Waals surface area (Å²) in [5.74, 6) is 0. The van der Waals surface area contributed by atoms with Crippen LogP contribution in [0.5, 0.6) is 0 Å². The lowest BCUT2D eigenvalue weighted by Crippen LogP contribution is -2.44. The second kappa shape index (κ2) is 6.56. The van der Waals surface area contributed by atoms with Crippen molar-refractivity contribution in [2.75, 3.05) is 33.3 Å². The second-order valence-electron chi connectivity index (χ2n) is 5.93. The summed E-state index contributed by atoms with van der Waals surface area (Å²) in [5, 5.41) is 9.36. The summed E-state index contributed by atoms with van der Waals surface area (Å²) in [6.45, 7) is 4.02. The molecule has 0 atom stereocenters. The Morgan fingerprint density at radius 3 is 2.86 bits per heavy atom. The molecule has 0 aromatic carbocycles. The van der Waals surface area contributed by atoms with E-state index in [1.54, 1.807) is 0 Å². The van der Waals surface area contributed by atoms with Crippen molar-refractivity contribution in [2.45, 2.75) is 25.4 Å². The Morgan fingerprint density at radius 2 is 2.14 bits per heavy atom. The third-order valence-corrected chi connectivity index (χ3v) is 4.37. The Bertz CT molecular complexity index is 541. The van der Waals surface area contributed by atoms with E-state index in [1.165, 1.54) is 12.8 Å². The summed E-state index contributed by atoms with van der Waals surface area (Å²) in [6, 6.07) is 6.60. The molecule has 0 unspecified atom stereocenters. The fraction of sp³-hybridized carbons (Fsp3) is 0.562. The van der Waals surface area contributed by atoms with Crippen molar-refractivity contribution in [2.24, 2.45) is 0 Å². The van der Waals surface area contributed by atoms with Crippen molar-refractivity contribution in [3.8, 4) is 0 Å². The smallest absolute Gasteiger partial charge is 0.137 e. The minimum absolute atomic E-state index is 0.208. The Kier molecular flexibility index (Phi) is 4.53. The highest BCUT2D eigenvalue weighted by molar-refractivity contribution is 5.39. The first kappa shape index (κ1) is 14.5. The van der Waals surface area contributed by atoms with E-state index in [4.69, 9.17) is 0 Å². The number of hydrogen-bond acceptors (Lipinski definition) is 4. The summed E-state index contributed by atoms with van der Waals surface area (Å²) in [7, 11) is 2.18. The van der Waals surface area contributed by atoms with E-state index < -0.39 is 0 Å². The first-order chi connectivity index (χ1) is 10.3. The van der Waals surface area contributed by atoms with Gasteiger partial charge in [0.05, 0.1) is 12.3 Å². The number of rotatable bonds is 5. The average Bonchev–Trinajstić information content (AvgIpc) is 2.90. The minimum atomic E-state index is 0.208. The Morgan fingerprint density at radius 1 is 1.33 bits per heavy atom. The molecule has 3 rings (SSSR count). The van der Waals surface area contributed by atoms with Gasteiger partial charge >= 0.3 is 0 Å². The van der Waals surface area contributed by atoms with Crippen LogP contribution >= 0.6 is 0 Å². The number of piperidine rings is 1. The number of likely N-dealkylation sites (tertiary alicyclic amines) is 1. The molecule has 1 aliphatic rings. The first-order valence-electron chi connectivity index (χ1n) is 7.72. The highest BCUT2D eigenvalue weighted by atomic mass is 16.3. The van der Waals surface area contributed by atoms with Gasteiger partial charge in [0.1, 0.15) is 5.65 Å². The summed E-state index contributed by atoms with van der Waals surface area (Å²) in [5.41, 5.74) is 2.06. The van der Waals surface area contributed by atoms with Gasteiger partial charge in [-0.05, 0) is 45.1 Å². The Labute approximate surface area is 125 Å². The molecule has 0 saturated carbocycles. The molecule has 0 bridgehead atoms. The molecule has 1 fully saturated rings. The molecule has 21 heavy (non-hydrogen) atoms. The number of aromatic nitrogens is 2. The predicted molar refractivity (Wildman–Crippen MR) is 83.2 cm³/mol. The number of aliphatic hydroxyl groups is 1. The van der Waals surface area contributed by atoms with Crippen LogP contribution in [0, 0.1) is 0 Å². The predicted octanol–water partition coefficient (Wildman–Crippen LogP) is 1.22. The third-order valence-electron chi connectivity index (χ3n) is 4.37. The van der Waals surface area contributed by atoms with Gasteiger partial charge in [-0.1, -0.05) is 6.07 Å². The van der Waals surface area contributed by atoms with E-state index in [9.17, 15) is 5.11 Å². The number of imidazole rings is 1. The van der Waals surface area contributed by atoms with Crippen LogP contribution in [0.3, 0.4) is 0 Å². The normalized spacial score (nSPS) is 17.9. The Balaban J connectivity index is 1.72. The molecule has 114 valence electrons. The van der Waals surface area contributed by atoms with E-state index in [-0.39, 0.29) is 6.61 Å². The summed E-state index contributed by atoms with van der Waals surface area (Å²) < 4.78 is 2.06. The topological polar surface area (TPSA) is 44.0 Å². The maximum Gasteiger partial charge on any atom is 0.137 e. The van der Waals surface area contributed by atoms with E-state index in [2.05, 4.69) is 32.4 Å². The van der Waals surface area contributed by atoms with Gasteiger partial charge < -0.3 is 14.4 Å². The highest BCUT2D eigenvalue weighted by Gasteiger charge is 2.23. The lowest BCUT2D eigenvalue weighted by molar-refractivity contribution is 0.0932. The maximum atomic E-state index is 9.36. The molecule has 1 aliphatic heterocycles. The molecular weight excluding hydrogens is 264 g/mol. The van der Waals surface area contributed by atoms with Crippen molar-refractivity contribution in [1.82, 2.24) is 19.2 Å². The van der Waals surface area contributed by atoms with E-state index in [0.717, 1.165) is 37.5 Å². The molecule has 1 N–H and O–H groups in total. The fourth-order valence-electron chi connectivity index (χ4n) is 3.15. The molecule has 0 aliphatic carbocycles. The van der Waals surface area contributed by atoms with Crippen LogP contribution in [0.2, 0.25) is 0 Å². The van der Waals surface area contributed by atoms with Crippen LogP contribution in [0.4, 0.5) is 0 Å². The zero-order valence-corrected chi connectivity index (χ0v) is 12.6. The van der Waals surface area contributed by atoms with Crippen LogP contribution in [-0.4, -0.2) is 63.6 Å². The van der Waals surface area contributed by atoms with E-state index >= 15 is 0 Å². The van der Waals surface area contributed by atoms with Crippen molar-refractivity contribution in [1.29, 1.82) is 0 Å². The van der Waals surface area contributed by atoms with Crippen molar-refractivity contribution >= 4 is 5.65 Å². The number of hydrogen-bond donors (Lipinski definition) is 1. The zero-order valence-electron chi connectivity index (χ0n) is 12.6. The molecule has 5 nitrogen and oxygen atoms in total. The van der Waals surface area contributed by atoms with Gasteiger partial charge in [0.15, 0.2) is 0 Å². The Hall–Kier alpha value is -1.43. The van der Waals surface area contributed by atoms with Crippen LogP contribution in [0.25, 0.3) is 5.65 Å². The zero-order chi connectivity index (χ0) is 14.7. The van der Waals surface area contributed by atoms with Gasteiger partial charge in [0, 0.05) is 31.5 Å². The van der Waals surface area contributed by atoms with Crippen LogP contribution in [-0.2, 0) is 6.54 Å². The first-order valence-corrected chi connectivity index (χ1v) is 7.72. The monoisotopic (exact) mass is 288 g/mol. The summed E-state index contributed by atoms with van der Waals surface area (Å²) in [6.07, 6.45) is 6.46. The number of nitrogens with zero attached hydrogens (tertiary/aromatic N) is 4. The van der Waals surface area contributed by atoms with Crippen molar-refractivity contribution in [3.05, 3.63) is 36.3 Å². The second-order valence-corrected chi connectivity index (χ2v) is 5.93. The quantitative estimate of drug-likeness (QED) is 0.898. The van der Waals surface area contributed by atoms with Gasteiger partial charge in [0.2, 0.25) is 0 Å². The van der Waals surface area contributed by atoms with Gasteiger partial charge in [-0.2, -0.15) is 0 Å². The van der Waals surface area contributed by atoms with Crippen LogP contribution in [0.1, 0.15) is 18.5 Å². The van der Waals surface area contributed by atoms with Gasteiger partial charge in [0.25, 0.3) is 0 Å². The van der Waals surface area contributed by atoms with Crippen molar-refractivity contribution < 1.29 is 5.11 Å². The molecule has 0 radical (unpaired) electrons. The maximum absolute atomic E-state index is 9.36. The average molecular weight is 288 g/mol. The SMILES string of the molecule is CN1CCC(N(CCO)Cc2cn3ccccc3n2)CC1. The molecule has 0 spiro atoms. The lowest BCUT2D eigenvalue weighted by Gasteiger charge is -2.36. The molecular formula is C16H24N4O. The van der Waals surface area contributed by atoms with Crippen LogP contribution < -0.4 is 0 Å². The number of aliphatic hydroxyl groups excluding tert-OH is 1. The third kappa shape index (κ3) is 3.43. The molecule has 0 amide bonds. The van der Waals surface area contributed by atoms with E-state index in [0.29, 0.717) is 6.04 Å². The molecule has 3 heterocycles. The molecule has 5 heteroatoms. The van der Waals surface area contributed by atoms with Gasteiger partial charge in [-0.15, -0.1) is 0 Å². The van der Waals surface area contributed by atoms with Gasteiger partial charge in [-0.25, -0.2) is 4.98 Å². The summed E-state index contributed by atoms with van der Waals surface area (Å²) >= 11 is 0. The molecule has 2 aromatic heterocycles. The van der Waals surface area contributed by atoms with E-state index in [1.807, 2.05) is 24.4 Å². The summed E-state index contributed by atoms with van der Waals surface area (Å²) in [4.78, 5) is 9.43. The highest BCUT2D eigenvalue weighted by Crippen LogP contribution is 2.18.